The molecule has 3 aliphatic rings. The van der Waals surface area contributed by atoms with Gasteiger partial charge < -0.3 is 15.2 Å². The minimum Gasteiger partial charge on any atom is -0.383 e. The van der Waals surface area contributed by atoms with Crippen molar-refractivity contribution < 1.29 is 0 Å². The molecule has 3 saturated carbocycles. The number of aryl methyl sites for hydroxylation is 1. The van der Waals surface area contributed by atoms with Crippen LogP contribution in [0.3, 0.4) is 0 Å². The number of hydrogen-bond acceptors (Lipinski definition) is 6. The lowest BCUT2D eigenvalue weighted by molar-refractivity contribution is -0.0989. The number of nitriles is 1. The van der Waals surface area contributed by atoms with Gasteiger partial charge in [-0.05, 0) is 60.4 Å². The maximum atomic E-state index is 9.89. The van der Waals surface area contributed by atoms with Crippen LogP contribution in [-0.4, -0.2) is 31.1 Å². The monoisotopic (exact) mass is 564 g/mol. The predicted octanol–water partition coefficient (Wildman–Crippen LogP) is 7.01. The van der Waals surface area contributed by atoms with Crippen LogP contribution in [0.15, 0.2) is 55.0 Å². The molecule has 0 spiro atoms. The van der Waals surface area contributed by atoms with Gasteiger partial charge in [-0.3, -0.25) is 4.98 Å². The minimum absolute atomic E-state index is 0.0215. The summed E-state index contributed by atoms with van der Waals surface area (Å²) in [7, 11) is 2.06. The van der Waals surface area contributed by atoms with Crippen molar-refractivity contribution in [3.05, 3.63) is 76.8 Å². The lowest BCUT2D eigenvalue weighted by Gasteiger charge is -2.61. The molecule has 8 rings (SSSR count). The first kappa shape index (κ1) is 25.8. The molecule has 0 amide bonds. The van der Waals surface area contributed by atoms with Crippen LogP contribution in [0.4, 0.5) is 11.4 Å². The average molecular weight is 565 g/mol. The fourth-order valence-electron chi connectivity index (χ4n) is 6.38. The summed E-state index contributed by atoms with van der Waals surface area (Å²) < 4.78 is 4.22. The molecule has 3 heterocycles. The quantitative estimate of drug-likeness (QED) is 0.221. The van der Waals surface area contributed by atoms with Gasteiger partial charge in [0.1, 0.15) is 11.8 Å². The highest BCUT2D eigenvalue weighted by atomic mass is 35.5. The number of aromatic nitrogens is 5. The van der Waals surface area contributed by atoms with E-state index in [4.69, 9.17) is 16.7 Å². The lowest BCUT2D eigenvalue weighted by atomic mass is 9.50. The normalized spacial score (nSPS) is 20.3. The molecule has 1 atom stereocenters. The third-order valence-electron chi connectivity index (χ3n) is 8.72. The Hall–Kier alpha value is -4.09. The molecule has 3 fully saturated rings. The summed E-state index contributed by atoms with van der Waals surface area (Å²) in [6, 6.07) is 14.5. The van der Waals surface area contributed by atoms with Crippen LogP contribution in [0.5, 0.6) is 0 Å². The van der Waals surface area contributed by atoms with Crippen LogP contribution in [0.25, 0.3) is 21.8 Å². The molecular formula is C32H33ClN8. The molecule has 1 unspecified atom stereocenters. The standard InChI is InChI=1S/C32H33ClN8/c1-31(2,3)18-36-28-20(15-34)16-35-29-24(28)10-21(11-25(29)33)37-30(23-6-5-7-27-22(23)8-9-40(27)4)26-17-41(39-38-26)32-12-19(13-32)14-32/h5-11,16-17,19,30,37H,12-14,18H2,1-4H3,(H,35,36). The Morgan fingerprint density at radius 1 is 1.17 bits per heavy atom. The Morgan fingerprint density at radius 3 is 2.68 bits per heavy atom. The van der Waals surface area contributed by atoms with Gasteiger partial charge in [0.2, 0.25) is 0 Å². The topological polar surface area (TPSA) is 96.4 Å². The van der Waals surface area contributed by atoms with Crippen molar-refractivity contribution in [3.8, 4) is 6.07 Å². The Morgan fingerprint density at radius 2 is 1.98 bits per heavy atom. The van der Waals surface area contributed by atoms with Gasteiger partial charge >= 0.3 is 0 Å². The fraction of sp³-hybridized carbons (Fsp3) is 0.375. The number of fused-ring (bicyclic) bond motifs is 2. The number of benzene rings is 2. The molecule has 0 radical (unpaired) electrons. The van der Waals surface area contributed by atoms with Gasteiger partial charge in [-0.1, -0.05) is 49.7 Å². The van der Waals surface area contributed by atoms with Crippen LogP contribution in [-0.2, 0) is 12.6 Å². The smallest absolute Gasteiger partial charge is 0.110 e. The number of pyridine rings is 1. The van der Waals surface area contributed by atoms with Crippen LogP contribution in [0.1, 0.15) is 62.9 Å². The third kappa shape index (κ3) is 4.31. The zero-order valence-corrected chi connectivity index (χ0v) is 24.5. The summed E-state index contributed by atoms with van der Waals surface area (Å²) in [5.41, 5.74) is 5.99. The molecule has 0 saturated heterocycles. The second-order valence-electron chi connectivity index (χ2n) is 13.0. The van der Waals surface area contributed by atoms with Crippen molar-refractivity contribution in [1.29, 1.82) is 5.26 Å². The minimum atomic E-state index is -0.270. The van der Waals surface area contributed by atoms with Gasteiger partial charge in [-0.25, -0.2) is 4.68 Å². The summed E-state index contributed by atoms with van der Waals surface area (Å²) in [6.07, 6.45) is 9.37. The number of anilines is 2. The van der Waals surface area contributed by atoms with E-state index in [1.165, 1.54) is 19.3 Å². The SMILES string of the molecule is Cn1ccc2c(C(Nc3cc(Cl)c4ncc(C#N)c(NCC(C)(C)C)c4c3)c3cn(C45CC(C4)C5)nn3)cccc21. The maximum Gasteiger partial charge on any atom is 0.110 e. The molecule has 2 aromatic carbocycles. The lowest BCUT2D eigenvalue weighted by Crippen LogP contribution is -2.59. The third-order valence-corrected chi connectivity index (χ3v) is 9.01. The predicted molar refractivity (Wildman–Crippen MR) is 163 cm³/mol. The Kier molecular flexibility index (Phi) is 5.81. The Labute approximate surface area is 244 Å². The number of nitrogens with zero attached hydrogens (tertiary/aromatic N) is 6. The molecule has 41 heavy (non-hydrogen) atoms. The van der Waals surface area contributed by atoms with Crippen molar-refractivity contribution >= 4 is 44.8 Å². The second kappa shape index (κ2) is 9.22. The molecule has 3 aromatic heterocycles. The first-order valence-electron chi connectivity index (χ1n) is 14.1. The van der Waals surface area contributed by atoms with E-state index in [2.05, 4.69) is 101 Å². The summed E-state index contributed by atoms with van der Waals surface area (Å²) in [6.45, 7) is 7.17. The Balaban J connectivity index is 1.34. The molecule has 2 bridgehead atoms. The van der Waals surface area contributed by atoms with Crippen molar-refractivity contribution in [2.75, 3.05) is 17.2 Å². The van der Waals surface area contributed by atoms with Gasteiger partial charge in [-0.15, -0.1) is 5.10 Å². The molecule has 5 aromatic rings. The molecule has 208 valence electrons. The highest BCUT2D eigenvalue weighted by Crippen LogP contribution is 2.62. The number of rotatable bonds is 7. The van der Waals surface area contributed by atoms with E-state index in [0.29, 0.717) is 22.6 Å². The zero-order chi connectivity index (χ0) is 28.5. The summed E-state index contributed by atoms with van der Waals surface area (Å²) in [4.78, 5) is 4.54. The van der Waals surface area contributed by atoms with Gasteiger partial charge in [-0.2, -0.15) is 5.26 Å². The van der Waals surface area contributed by atoms with E-state index in [1.54, 1.807) is 6.20 Å². The fourth-order valence-corrected chi connectivity index (χ4v) is 6.65. The van der Waals surface area contributed by atoms with Crippen molar-refractivity contribution in [1.82, 2.24) is 24.5 Å². The van der Waals surface area contributed by atoms with Gasteiger partial charge in [0.05, 0.1) is 39.6 Å². The highest BCUT2D eigenvalue weighted by Gasteiger charge is 2.58. The largest absolute Gasteiger partial charge is 0.383 e. The summed E-state index contributed by atoms with van der Waals surface area (Å²) in [5, 5.41) is 28.9. The van der Waals surface area contributed by atoms with Gasteiger partial charge in [0, 0.05) is 48.0 Å². The first-order valence-corrected chi connectivity index (χ1v) is 14.5. The summed E-state index contributed by atoms with van der Waals surface area (Å²) >= 11 is 6.84. The Bertz CT molecular complexity index is 1840. The van der Waals surface area contributed by atoms with E-state index in [1.807, 2.05) is 12.1 Å². The molecule has 3 aliphatic carbocycles. The second-order valence-corrected chi connectivity index (χ2v) is 13.4. The zero-order valence-electron chi connectivity index (χ0n) is 23.7. The van der Waals surface area contributed by atoms with Crippen molar-refractivity contribution in [2.24, 2.45) is 18.4 Å². The first-order chi connectivity index (χ1) is 19.6. The van der Waals surface area contributed by atoms with Crippen LogP contribution < -0.4 is 10.6 Å². The molecule has 2 N–H and O–H groups in total. The molecule has 8 nitrogen and oxygen atoms in total. The van der Waals surface area contributed by atoms with E-state index in [-0.39, 0.29) is 17.0 Å². The highest BCUT2D eigenvalue weighted by molar-refractivity contribution is 6.35. The molecular weight excluding hydrogens is 532 g/mol. The maximum absolute atomic E-state index is 9.89. The van der Waals surface area contributed by atoms with E-state index in [0.717, 1.165) is 44.8 Å². The molecule has 0 aliphatic heterocycles. The van der Waals surface area contributed by atoms with E-state index < -0.39 is 0 Å². The van der Waals surface area contributed by atoms with Gasteiger partial charge in [0.15, 0.2) is 0 Å². The van der Waals surface area contributed by atoms with E-state index >= 15 is 0 Å². The van der Waals surface area contributed by atoms with Crippen LogP contribution >= 0.6 is 11.6 Å². The molecule has 9 heteroatoms. The average Bonchev–Trinajstić information content (AvgIpc) is 3.51. The van der Waals surface area contributed by atoms with Crippen LogP contribution in [0, 0.1) is 22.7 Å². The van der Waals surface area contributed by atoms with E-state index in [9.17, 15) is 5.26 Å². The van der Waals surface area contributed by atoms with Crippen molar-refractivity contribution in [2.45, 2.75) is 51.6 Å². The number of halogens is 1. The summed E-state index contributed by atoms with van der Waals surface area (Å²) in [5.74, 6) is 0.849. The number of nitrogens with one attached hydrogen (secondary N) is 2. The number of hydrogen-bond donors (Lipinski definition) is 2. The van der Waals surface area contributed by atoms with Crippen LogP contribution in [0.2, 0.25) is 5.02 Å². The van der Waals surface area contributed by atoms with Gasteiger partial charge in [0.25, 0.3) is 0 Å². The van der Waals surface area contributed by atoms with Crippen molar-refractivity contribution in [3.63, 3.8) is 0 Å².